The van der Waals surface area contributed by atoms with Crippen molar-refractivity contribution in [2.45, 2.75) is 113 Å². The summed E-state index contributed by atoms with van der Waals surface area (Å²) in [6.45, 7) is 6.06. The second-order valence-corrected chi connectivity index (χ2v) is 18.2. The van der Waals surface area contributed by atoms with E-state index in [4.69, 9.17) is 62.0 Å². The van der Waals surface area contributed by atoms with Crippen molar-refractivity contribution in [3.63, 3.8) is 0 Å². The van der Waals surface area contributed by atoms with Crippen molar-refractivity contribution >= 4 is 98.4 Å². The van der Waals surface area contributed by atoms with Crippen LogP contribution < -0.4 is 20.8 Å². The monoisotopic (exact) mass is 926 g/mol. The largest absolute Gasteiger partial charge is 0.488 e. The minimum absolute atomic E-state index is 0.0524. The van der Waals surface area contributed by atoms with Crippen molar-refractivity contribution in [2.75, 3.05) is 28.9 Å². The number of thioether (sulfide) groups is 1. The number of hydrogen-bond donors (Lipinski definition) is 3. The van der Waals surface area contributed by atoms with Gasteiger partial charge in [-0.05, 0) is 73.2 Å². The van der Waals surface area contributed by atoms with Crippen molar-refractivity contribution in [3.8, 4) is 5.75 Å². The maximum atomic E-state index is 14.3. The Hall–Kier alpha value is -3.84. The number of aliphatic hydroxyl groups excluding tert-OH is 1. The van der Waals surface area contributed by atoms with Crippen LogP contribution in [0.1, 0.15) is 96.1 Å². The van der Waals surface area contributed by atoms with Gasteiger partial charge in [0.2, 0.25) is 5.91 Å². The summed E-state index contributed by atoms with van der Waals surface area (Å²) in [5.41, 5.74) is 8.48. The number of hydrogen-bond acceptors (Lipinski definition) is 9. The second-order valence-electron chi connectivity index (χ2n) is 15.6. The number of benzene rings is 4. The van der Waals surface area contributed by atoms with E-state index in [0.717, 1.165) is 41.2 Å². The lowest BCUT2D eigenvalue weighted by Gasteiger charge is -2.26. The van der Waals surface area contributed by atoms with Gasteiger partial charge < -0.3 is 20.9 Å². The number of carbonyl (C=O) groups excluding carboxylic acids is 2. The third-order valence-electron chi connectivity index (χ3n) is 10.5. The zero-order chi connectivity index (χ0) is 44.1. The van der Waals surface area contributed by atoms with Gasteiger partial charge in [0.1, 0.15) is 28.6 Å². The van der Waals surface area contributed by atoms with E-state index in [9.17, 15) is 14.7 Å². The summed E-state index contributed by atoms with van der Waals surface area (Å²) < 4.78 is 6.52. The third-order valence-corrected chi connectivity index (χ3v) is 12.6. The number of aliphatic hydroxyl groups is 1. The minimum Gasteiger partial charge on any atom is -0.488 e. The van der Waals surface area contributed by atoms with Crippen molar-refractivity contribution in [1.29, 1.82) is 0 Å². The Labute approximate surface area is 383 Å². The topological polar surface area (TPSA) is 142 Å². The van der Waals surface area contributed by atoms with Crippen LogP contribution >= 0.6 is 58.2 Å². The Kier molecular flexibility index (Phi) is 18.2. The van der Waals surface area contributed by atoms with Gasteiger partial charge in [-0.1, -0.05) is 137 Å². The molecule has 5 rings (SSSR count). The fourth-order valence-electron chi connectivity index (χ4n) is 6.97. The third kappa shape index (κ3) is 12.6. The van der Waals surface area contributed by atoms with E-state index < -0.39 is 34.8 Å². The molecule has 0 spiro atoms. The number of nitrogens with two attached hydrogens (primary N) is 1. The predicted molar refractivity (Wildman–Crippen MR) is 254 cm³/mol. The molecule has 0 bridgehead atoms. The number of unbranched alkanes of at least 4 members (excludes halogenated alkanes) is 8. The predicted octanol–water partition coefficient (Wildman–Crippen LogP) is 13.0. The number of azo groups is 1. The van der Waals surface area contributed by atoms with E-state index in [2.05, 4.69) is 22.5 Å². The molecule has 1 aliphatic rings. The van der Waals surface area contributed by atoms with Crippen LogP contribution in [0.5, 0.6) is 5.75 Å². The van der Waals surface area contributed by atoms with Crippen LogP contribution in [0.4, 0.5) is 22.7 Å². The summed E-state index contributed by atoms with van der Waals surface area (Å²) in [6.07, 6.45) is 11.9. The molecular weight excluding hydrogens is 874 g/mol. The molecule has 0 saturated heterocycles. The maximum absolute atomic E-state index is 14.3. The highest BCUT2D eigenvalue weighted by Crippen LogP contribution is 2.41. The van der Waals surface area contributed by atoms with Gasteiger partial charge in [0.15, 0.2) is 6.04 Å². The van der Waals surface area contributed by atoms with Crippen molar-refractivity contribution < 1.29 is 19.4 Å². The zero-order valence-corrected chi connectivity index (χ0v) is 38.8. The molecule has 4 aromatic rings. The number of ether oxygens (including phenoxy) is 1. The standard InChI is InChI=1S/C46H54Cl4N6O4S/c1-5-6-7-8-9-10-11-12-13-23-37(60-31-19-16-18-29(25-31)46(2,3)28-57)40(50)44(58)52-36-22-17-20-34(51)39(36)41-42(54-53-35-21-14-15-24-38(35)61-4)45(59)56(55-41)43-32(48)26-30(47)27-33(43)49/h14-22,24-27,37,40,42,57H,5-13,23,28,51H2,1-4H3,(H,52,58). The number of carbonyl (C=O) groups is 2. The molecule has 2 amide bonds. The average molecular weight is 929 g/mol. The smallest absolute Gasteiger partial charge is 0.280 e. The summed E-state index contributed by atoms with van der Waals surface area (Å²) in [6, 6.07) is 21.5. The lowest BCUT2D eigenvalue weighted by molar-refractivity contribution is -0.118. The Morgan fingerprint density at radius 1 is 0.951 bits per heavy atom. The molecule has 0 fully saturated rings. The van der Waals surface area contributed by atoms with Crippen LogP contribution in [-0.2, 0) is 15.0 Å². The van der Waals surface area contributed by atoms with Gasteiger partial charge in [-0.3, -0.25) is 9.59 Å². The molecule has 15 heteroatoms. The number of nitrogens with one attached hydrogen (secondary N) is 1. The Morgan fingerprint density at radius 2 is 1.61 bits per heavy atom. The molecule has 4 aromatic carbocycles. The SMILES string of the molecule is CCCCCCCCCCCC(Oc1cccc(C(C)(C)CO)c1)C(Cl)C(=O)Nc1cccc(N)c1C1=NN(c2c(Cl)cc(Cl)cc2Cl)C(=O)C1N=Nc1ccccc1SC. The average Bonchev–Trinajstić information content (AvgIpc) is 3.55. The number of halogens is 4. The molecule has 4 N–H and O–H groups in total. The molecule has 61 heavy (non-hydrogen) atoms. The highest BCUT2D eigenvalue weighted by molar-refractivity contribution is 7.98. The van der Waals surface area contributed by atoms with Gasteiger partial charge in [-0.15, -0.1) is 23.4 Å². The Morgan fingerprint density at radius 3 is 2.28 bits per heavy atom. The van der Waals surface area contributed by atoms with Crippen LogP contribution in [0.3, 0.4) is 0 Å². The first-order chi connectivity index (χ1) is 29.3. The Bertz CT molecular complexity index is 2180. The first-order valence-electron chi connectivity index (χ1n) is 20.6. The number of amides is 2. The fourth-order valence-corrected chi connectivity index (χ4v) is 8.71. The number of hydrazone groups is 1. The molecule has 10 nitrogen and oxygen atoms in total. The molecular formula is C46H54Cl4N6O4S. The highest BCUT2D eigenvalue weighted by atomic mass is 35.5. The zero-order valence-electron chi connectivity index (χ0n) is 35.0. The molecule has 3 atom stereocenters. The normalized spacial score (nSPS) is 15.3. The van der Waals surface area contributed by atoms with E-state index in [1.165, 1.54) is 56.0 Å². The summed E-state index contributed by atoms with van der Waals surface area (Å²) in [7, 11) is 0. The van der Waals surface area contributed by atoms with Crippen LogP contribution in [0.25, 0.3) is 0 Å². The van der Waals surface area contributed by atoms with Gasteiger partial charge in [0, 0.05) is 26.6 Å². The number of nitrogens with zero attached hydrogens (tertiary/aromatic N) is 4. The molecule has 0 radical (unpaired) electrons. The van der Waals surface area contributed by atoms with Crippen LogP contribution in [-0.4, -0.2) is 53.0 Å². The molecule has 0 aliphatic carbocycles. The van der Waals surface area contributed by atoms with Crippen LogP contribution in [0.2, 0.25) is 15.1 Å². The van der Waals surface area contributed by atoms with E-state index in [1.54, 1.807) is 24.3 Å². The van der Waals surface area contributed by atoms with E-state index in [1.807, 2.05) is 62.6 Å². The summed E-state index contributed by atoms with van der Waals surface area (Å²) in [5.74, 6) is -0.611. The highest BCUT2D eigenvalue weighted by Gasteiger charge is 2.42. The van der Waals surface area contributed by atoms with E-state index >= 15 is 0 Å². The lowest BCUT2D eigenvalue weighted by atomic mass is 9.85. The molecule has 3 unspecified atom stereocenters. The van der Waals surface area contributed by atoms with Crippen molar-refractivity contribution in [2.24, 2.45) is 15.3 Å². The van der Waals surface area contributed by atoms with E-state index in [0.29, 0.717) is 17.9 Å². The fraction of sp³-hybridized carbons (Fsp3) is 0.413. The second kappa shape index (κ2) is 23.0. The first-order valence-corrected chi connectivity index (χ1v) is 23.4. The van der Waals surface area contributed by atoms with Crippen LogP contribution in [0.15, 0.2) is 99.1 Å². The summed E-state index contributed by atoms with van der Waals surface area (Å²) in [4.78, 5) is 29.5. The number of anilines is 3. The molecule has 0 aromatic heterocycles. The van der Waals surface area contributed by atoms with E-state index in [-0.39, 0.29) is 50.0 Å². The number of nitrogen functional groups attached to an aromatic ring is 1. The Balaban J connectivity index is 1.46. The molecule has 326 valence electrons. The van der Waals surface area contributed by atoms with Gasteiger partial charge in [-0.25, -0.2) is 0 Å². The van der Waals surface area contributed by atoms with Gasteiger partial charge in [0.05, 0.1) is 28.0 Å². The lowest BCUT2D eigenvalue weighted by Crippen LogP contribution is -2.38. The first kappa shape index (κ1) is 48.2. The molecule has 0 saturated carbocycles. The maximum Gasteiger partial charge on any atom is 0.280 e. The van der Waals surface area contributed by atoms with Gasteiger partial charge in [-0.2, -0.15) is 20.3 Å². The van der Waals surface area contributed by atoms with Crippen molar-refractivity contribution in [1.82, 2.24) is 0 Å². The quantitative estimate of drug-likeness (QED) is 0.0236. The summed E-state index contributed by atoms with van der Waals surface area (Å²) >= 11 is 28.0. The summed E-state index contributed by atoms with van der Waals surface area (Å²) in [5, 5.41) is 27.1. The molecule has 1 heterocycles. The van der Waals surface area contributed by atoms with Gasteiger partial charge in [0.25, 0.3) is 5.91 Å². The van der Waals surface area contributed by atoms with Gasteiger partial charge >= 0.3 is 0 Å². The minimum atomic E-state index is -1.32. The molecule has 1 aliphatic heterocycles. The van der Waals surface area contributed by atoms with Crippen LogP contribution in [0, 0.1) is 0 Å². The van der Waals surface area contributed by atoms with Crippen molar-refractivity contribution in [3.05, 3.63) is 105 Å². The number of alkyl halides is 1. The number of rotatable bonds is 22.